The summed E-state index contributed by atoms with van der Waals surface area (Å²) >= 11 is 0. The number of hydrogen-bond acceptors (Lipinski definition) is 6. The van der Waals surface area contributed by atoms with E-state index in [-0.39, 0.29) is 18.9 Å². The fraction of sp³-hybridized carbons (Fsp3) is 0.545. The number of nitrogens with zero attached hydrogens (tertiary/aromatic N) is 3. The Labute approximate surface area is 207 Å². The molecule has 0 unspecified atom stereocenters. The lowest BCUT2D eigenvalue weighted by Crippen LogP contribution is -2.33. The second-order valence-electron chi connectivity index (χ2n) is 9.21. The Morgan fingerprint density at radius 3 is 2.42 bits per heavy atom. The van der Waals surface area contributed by atoms with Gasteiger partial charge in [-0.25, -0.2) is 16.8 Å². The van der Waals surface area contributed by atoms with Crippen molar-refractivity contribution >= 4 is 25.8 Å². The van der Waals surface area contributed by atoms with Crippen molar-refractivity contribution < 1.29 is 39.9 Å². The van der Waals surface area contributed by atoms with E-state index in [1.165, 1.54) is 17.9 Å². The largest absolute Gasteiger partial charge is 0.481 e. The van der Waals surface area contributed by atoms with E-state index in [0.717, 1.165) is 10.4 Å². The number of aryl methyl sites for hydroxylation is 1. The number of fused-ring (bicyclic) bond motifs is 1. The zero-order chi connectivity index (χ0) is 27.1. The molecule has 200 valence electrons. The van der Waals surface area contributed by atoms with Gasteiger partial charge in [-0.15, -0.1) is 0 Å². The smallest absolute Gasteiger partial charge is 0.416 e. The predicted molar refractivity (Wildman–Crippen MR) is 123 cm³/mol. The molecule has 2 aromatic rings. The van der Waals surface area contributed by atoms with Gasteiger partial charge in [-0.05, 0) is 43.4 Å². The van der Waals surface area contributed by atoms with Crippen LogP contribution >= 0.6 is 0 Å². The van der Waals surface area contributed by atoms with Gasteiger partial charge < -0.3 is 5.11 Å². The van der Waals surface area contributed by atoms with E-state index in [9.17, 15) is 34.8 Å². The second kappa shape index (κ2) is 10.1. The number of rotatable bonds is 9. The van der Waals surface area contributed by atoms with Crippen LogP contribution in [-0.2, 0) is 43.8 Å². The van der Waals surface area contributed by atoms with Crippen molar-refractivity contribution in [3.63, 3.8) is 0 Å². The molecule has 0 radical (unpaired) electrons. The molecule has 0 saturated carbocycles. The van der Waals surface area contributed by atoms with Gasteiger partial charge in [-0.3, -0.25) is 9.48 Å². The molecule has 9 nitrogen and oxygen atoms in total. The van der Waals surface area contributed by atoms with Gasteiger partial charge in [0.2, 0.25) is 10.0 Å². The normalized spacial score (nSPS) is 16.9. The van der Waals surface area contributed by atoms with Crippen LogP contribution in [0.2, 0.25) is 0 Å². The average molecular weight is 552 g/mol. The van der Waals surface area contributed by atoms with Crippen LogP contribution in [0, 0.1) is 5.92 Å². The van der Waals surface area contributed by atoms with Crippen molar-refractivity contribution in [3.8, 4) is 0 Å². The first-order valence-electron chi connectivity index (χ1n) is 11.2. The Hall–Kier alpha value is -2.45. The molecule has 0 spiro atoms. The van der Waals surface area contributed by atoms with Gasteiger partial charge in [-0.2, -0.15) is 22.6 Å². The summed E-state index contributed by atoms with van der Waals surface area (Å²) in [5.74, 6) is -1.84. The number of alkyl halides is 3. The topological polar surface area (TPSA) is 127 Å². The molecule has 3 rings (SSSR count). The maximum absolute atomic E-state index is 13.6. The van der Waals surface area contributed by atoms with E-state index in [1.807, 2.05) is 0 Å². The molecule has 1 aromatic carbocycles. The number of aliphatic carboxylic acids is 1. The average Bonchev–Trinajstić information content (AvgIpc) is 3.18. The SMILES string of the molecule is CC(C)CS(=O)(=O)c1cc(C(F)(F)F)cc(S(=O)(=O)N(C)[C@@H]2CCCc3c2cnn3CCC(=O)O)c1. The highest BCUT2D eigenvalue weighted by Gasteiger charge is 2.38. The lowest BCUT2D eigenvalue weighted by molar-refractivity contribution is -0.138. The van der Waals surface area contributed by atoms with E-state index in [2.05, 4.69) is 5.10 Å². The summed E-state index contributed by atoms with van der Waals surface area (Å²) in [4.78, 5) is 9.45. The fourth-order valence-electron chi connectivity index (χ4n) is 4.30. The molecule has 1 N–H and O–H groups in total. The standard InChI is InChI=1S/C22H28F3N3O6S2/c1-14(2)13-35(31,32)16-9-15(22(23,24)25)10-17(11-16)36(33,34)27(3)19-5-4-6-20-18(19)12-26-28(20)8-7-21(29)30/h9-12,14,19H,4-8,13H2,1-3H3,(H,29,30)/t19-/m1/s1. The van der Waals surface area contributed by atoms with Crippen LogP contribution in [0.3, 0.4) is 0 Å². The number of sulfone groups is 1. The Bertz CT molecular complexity index is 1350. The molecule has 1 aromatic heterocycles. The Morgan fingerprint density at radius 1 is 1.19 bits per heavy atom. The Kier molecular flexibility index (Phi) is 7.92. The molecule has 0 bridgehead atoms. The third-order valence-corrected chi connectivity index (χ3v) is 9.91. The number of hydrogen-bond donors (Lipinski definition) is 1. The summed E-state index contributed by atoms with van der Waals surface area (Å²) in [6, 6.07) is 0.920. The van der Waals surface area contributed by atoms with Crippen molar-refractivity contribution in [1.29, 1.82) is 0 Å². The minimum Gasteiger partial charge on any atom is -0.481 e. The lowest BCUT2D eigenvalue weighted by Gasteiger charge is -2.31. The van der Waals surface area contributed by atoms with E-state index in [0.29, 0.717) is 42.7 Å². The van der Waals surface area contributed by atoms with Crippen LogP contribution in [-0.4, -0.2) is 54.8 Å². The van der Waals surface area contributed by atoms with Crippen molar-refractivity contribution in [3.05, 3.63) is 41.2 Å². The second-order valence-corrected chi connectivity index (χ2v) is 13.2. The molecule has 0 saturated heterocycles. The number of sulfonamides is 1. The summed E-state index contributed by atoms with van der Waals surface area (Å²) in [6.45, 7) is 3.28. The van der Waals surface area contributed by atoms with E-state index in [1.54, 1.807) is 13.8 Å². The zero-order valence-electron chi connectivity index (χ0n) is 20.0. The lowest BCUT2D eigenvalue weighted by atomic mass is 9.93. The maximum Gasteiger partial charge on any atom is 0.416 e. The molecule has 1 heterocycles. The number of carbonyl (C=O) groups is 1. The third kappa shape index (κ3) is 5.92. The van der Waals surface area contributed by atoms with Gasteiger partial charge in [0.05, 0.1) is 46.3 Å². The molecular weight excluding hydrogens is 523 g/mol. The Morgan fingerprint density at radius 2 is 1.83 bits per heavy atom. The fourth-order valence-corrected chi connectivity index (χ4v) is 7.50. The van der Waals surface area contributed by atoms with Gasteiger partial charge in [0, 0.05) is 18.3 Å². The van der Waals surface area contributed by atoms with E-state index < -0.39 is 59.2 Å². The van der Waals surface area contributed by atoms with Crippen LogP contribution in [0.1, 0.15) is 56.0 Å². The highest BCUT2D eigenvalue weighted by molar-refractivity contribution is 7.91. The monoisotopic (exact) mass is 551 g/mol. The maximum atomic E-state index is 13.6. The van der Waals surface area contributed by atoms with Gasteiger partial charge >= 0.3 is 12.1 Å². The molecule has 36 heavy (non-hydrogen) atoms. The van der Waals surface area contributed by atoms with Gasteiger partial charge in [0.1, 0.15) is 0 Å². The van der Waals surface area contributed by atoms with Crippen molar-refractivity contribution in [1.82, 2.24) is 14.1 Å². The first-order chi connectivity index (χ1) is 16.5. The summed E-state index contributed by atoms with van der Waals surface area (Å²) in [7, 11) is -7.50. The third-order valence-electron chi connectivity index (χ3n) is 6.00. The minimum absolute atomic E-state index is 0.0958. The van der Waals surface area contributed by atoms with Gasteiger partial charge in [-0.1, -0.05) is 13.8 Å². The van der Waals surface area contributed by atoms with Crippen molar-refractivity contribution in [2.24, 2.45) is 5.92 Å². The van der Waals surface area contributed by atoms with Crippen LogP contribution in [0.5, 0.6) is 0 Å². The predicted octanol–water partition coefficient (Wildman–Crippen LogP) is 3.50. The summed E-state index contributed by atoms with van der Waals surface area (Å²) in [5, 5.41) is 13.1. The van der Waals surface area contributed by atoms with Crippen LogP contribution in [0.15, 0.2) is 34.2 Å². The summed E-state index contributed by atoms with van der Waals surface area (Å²) in [6.07, 6.45) is -2.24. The molecular formula is C22H28F3N3O6S2. The number of benzene rings is 1. The molecule has 1 atom stereocenters. The highest BCUT2D eigenvalue weighted by atomic mass is 32.2. The summed E-state index contributed by atoms with van der Waals surface area (Å²) < 4.78 is 95.7. The Balaban J connectivity index is 2.06. The molecule has 1 aliphatic carbocycles. The number of aromatic nitrogens is 2. The van der Waals surface area contributed by atoms with Crippen molar-refractivity contribution in [2.45, 2.75) is 68.1 Å². The molecule has 0 aliphatic heterocycles. The first kappa shape index (κ1) is 28.1. The number of carboxylic acid groups (broad SMARTS) is 1. The van der Waals surface area contributed by atoms with E-state index >= 15 is 0 Å². The van der Waals surface area contributed by atoms with E-state index in [4.69, 9.17) is 5.11 Å². The molecule has 14 heteroatoms. The van der Waals surface area contributed by atoms with Crippen LogP contribution in [0.25, 0.3) is 0 Å². The first-order valence-corrected chi connectivity index (χ1v) is 14.3. The van der Waals surface area contributed by atoms with Crippen LogP contribution < -0.4 is 0 Å². The van der Waals surface area contributed by atoms with Crippen LogP contribution in [0.4, 0.5) is 13.2 Å². The number of halogens is 3. The van der Waals surface area contributed by atoms with Gasteiger partial charge in [0.25, 0.3) is 0 Å². The van der Waals surface area contributed by atoms with Crippen molar-refractivity contribution in [2.75, 3.05) is 12.8 Å². The number of carboxylic acids is 1. The summed E-state index contributed by atoms with van der Waals surface area (Å²) in [5.41, 5.74) is -0.165. The van der Waals surface area contributed by atoms with Gasteiger partial charge in [0.15, 0.2) is 9.84 Å². The minimum atomic E-state index is -4.96. The molecule has 0 fully saturated rings. The molecule has 0 amide bonds. The highest BCUT2D eigenvalue weighted by Crippen LogP contribution is 2.38. The zero-order valence-corrected chi connectivity index (χ0v) is 21.6. The molecule has 1 aliphatic rings. The quantitative estimate of drug-likeness (QED) is 0.505.